The number of hydrogen-bond acceptors (Lipinski definition) is 5. The van der Waals surface area contributed by atoms with Gasteiger partial charge in [0.05, 0.1) is 22.7 Å². The number of hydrogen-bond donors (Lipinski definition) is 3. The summed E-state index contributed by atoms with van der Waals surface area (Å²) in [7, 11) is 0. The minimum Gasteiger partial charge on any atom is -0.481 e. The van der Waals surface area contributed by atoms with Crippen molar-refractivity contribution in [3.63, 3.8) is 0 Å². The lowest BCUT2D eigenvalue weighted by molar-refractivity contribution is -0.139. The summed E-state index contributed by atoms with van der Waals surface area (Å²) in [6.45, 7) is -0.353. The predicted octanol–water partition coefficient (Wildman–Crippen LogP) is 3.76. The number of amides is 2. The van der Waals surface area contributed by atoms with E-state index >= 15 is 0 Å². The topological polar surface area (TPSA) is 151 Å². The van der Waals surface area contributed by atoms with Crippen LogP contribution < -0.4 is 16.2 Å². The predicted molar refractivity (Wildman–Crippen MR) is 133 cm³/mol. The van der Waals surface area contributed by atoms with E-state index in [9.17, 15) is 19.5 Å². The molecule has 0 atom stereocenters. The number of nitrogens with zero attached hydrogens (tertiary/aromatic N) is 1. The van der Waals surface area contributed by atoms with Gasteiger partial charge in [-0.05, 0) is 48.0 Å². The van der Waals surface area contributed by atoms with Crippen LogP contribution in [0.1, 0.15) is 26.3 Å². The van der Waals surface area contributed by atoms with Gasteiger partial charge in [0.25, 0.3) is 0 Å². The largest absolute Gasteiger partial charge is 0.481 e. The zero-order valence-corrected chi connectivity index (χ0v) is 18.9. The molecule has 180 valence electrons. The molecule has 5 aromatic rings. The standard InChI is InChI=1S/C27H21N3O6/c28-26(33)17-6-2-1-5-15(17)13-30-19-8-3-7-18(27(29)34)24(19)25-20(30)11-16(21-9-4-10-35-21)12-22(25)36-14-23(31)32/h1-12H,13-14H2,(H2,28,33)(H2,29,34)(H,31,32). The Bertz CT molecular complexity index is 1650. The van der Waals surface area contributed by atoms with Gasteiger partial charge in [-0.3, -0.25) is 9.59 Å². The number of primary amides is 2. The van der Waals surface area contributed by atoms with Crippen LogP contribution in [0.25, 0.3) is 33.1 Å². The van der Waals surface area contributed by atoms with Crippen LogP contribution in [-0.4, -0.2) is 34.1 Å². The fourth-order valence-electron chi connectivity index (χ4n) is 4.51. The Morgan fingerprint density at radius 3 is 2.31 bits per heavy atom. The minimum atomic E-state index is -1.15. The average Bonchev–Trinajstić information content (AvgIpc) is 3.50. The molecule has 9 heteroatoms. The average molecular weight is 483 g/mol. The molecule has 0 bridgehead atoms. The van der Waals surface area contributed by atoms with Crippen molar-refractivity contribution < 1.29 is 28.6 Å². The lowest BCUT2D eigenvalue weighted by Crippen LogP contribution is -2.15. The van der Waals surface area contributed by atoms with Gasteiger partial charge in [-0.25, -0.2) is 4.79 Å². The number of carbonyl (C=O) groups excluding carboxylic acids is 2. The molecule has 0 fully saturated rings. The van der Waals surface area contributed by atoms with Crippen molar-refractivity contribution >= 4 is 39.6 Å². The summed E-state index contributed by atoms with van der Waals surface area (Å²) in [5, 5.41) is 10.3. The molecule has 0 unspecified atom stereocenters. The lowest BCUT2D eigenvalue weighted by Gasteiger charge is -2.12. The number of ether oxygens (including phenoxy) is 1. The summed E-state index contributed by atoms with van der Waals surface area (Å²) in [4.78, 5) is 35.8. The molecular formula is C27H21N3O6. The number of nitrogens with two attached hydrogens (primary N) is 2. The Labute approximate surface area is 204 Å². The first-order chi connectivity index (χ1) is 17.3. The van der Waals surface area contributed by atoms with Crippen molar-refractivity contribution in [3.05, 3.63) is 89.7 Å². The molecule has 0 saturated heterocycles. The third-order valence-corrected chi connectivity index (χ3v) is 5.99. The number of aliphatic carboxylic acids is 1. The van der Waals surface area contributed by atoms with E-state index in [0.717, 1.165) is 0 Å². The molecule has 0 radical (unpaired) electrons. The van der Waals surface area contributed by atoms with Crippen molar-refractivity contribution in [1.29, 1.82) is 0 Å². The number of benzene rings is 3. The Kier molecular flexibility index (Phi) is 5.65. The molecule has 2 amide bonds. The summed E-state index contributed by atoms with van der Waals surface area (Å²) in [5.41, 5.74) is 14.5. The van der Waals surface area contributed by atoms with Crippen LogP contribution in [0.5, 0.6) is 5.75 Å². The van der Waals surface area contributed by atoms with Crippen molar-refractivity contribution in [3.8, 4) is 17.1 Å². The Hall–Kier alpha value is -5.05. The van der Waals surface area contributed by atoms with E-state index in [1.165, 1.54) is 6.26 Å². The zero-order valence-electron chi connectivity index (χ0n) is 18.9. The van der Waals surface area contributed by atoms with Crippen molar-refractivity contribution in [2.75, 3.05) is 6.61 Å². The van der Waals surface area contributed by atoms with Gasteiger partial charge in [0.2, 0.25) is 11.8 Å². The van der Waals surface area contributed by atoms with Gasteiger partial charge in [-0.1, -0.05) is 24.3 Å². The molecular weight excluding hydrogens is 462 g/mol. The molecule has 9 nitrogen and oxygen atoms in total. The number of carboxylic acids is 1. The number of aromatic nitrogens is 1. The highest BCUT2D eigenvalue weighted by Gasteiger charge is 2.23. The van der Waals surface area contributed by atoms with E-state index in [-0.39, 0.29) is 17.9 Å². The van der Waals surface area contributed by atoms with Crippen LogP contribution >= 0.6 is 0 Å². The highest BCUT2D eigenvalue weighted by atomic mass is 16.5. The molecule has 0 spiro atoms. The third-order valence-electron chi connectivity index (χ3n) is 5.99. The van der Waals surface area contributed by atoms with E-state index in [1.807, 2.05) is 16.7 Å². The van der Waals surface area contributed by atoms with E-state index in [2.05, 4.69) is 0 Å². The van der Waals surface area contributed by atoms with Crippen LogP contribution in [0, 0.1) is 0 Å². The first-order valence-electron chi connectivity index (χ1n) is 11.0. The van der Waals surface area contributed by atoms with Crippen LogP contribution in [0.2, 0.25) is 0 Å². The molecule has 0 aliphatic carbocycles. The van der Waals surface area contributed by atoms with E-state index < -0.39 is 24.4 Å². The second-order valence-corrected chi connectivity index (χ2v) is 8.20. The number of rotatable bonds is 8. The van der Waals surface area contributed by atoms with Crippen molar-refractivity contribution in [2.24, 2.45) is 11.5 Å². The van der Waals surface area contributed by atoms with E-state index in [1.54, 1.807) is 54.6 Å². The van der Waals surface area contributed by atoms with Crippen LogP contribution in [0.15, 0.2) is 77.4 Å². The molecule has 5 rings (SSSR count). The smallest absolute Gasteiger partial charge is 0.341 e. The van der Waals surface area contributed by atoms with E-state index in [4.69, 9.17) is 20.6 Å². The number of fused-ring (bicyclic) bond motifs is 3. The fourth-order valence-corrected chi connectivity index (χ4v) is 4.51. The molecule has 0 aliphatic heterocycles. The molecule has 5 N–H and O–H groups in total. The molecule has 3 aromatic carbocycles. The highest BCUT2D eigenvalue weighted by Crippen LogP contribution is 2.41. The van der Waals surface area contributed by atoms with Crippen LogP contribution in [0.3, 0.4) is 0 Å². The summed E-state index contributed by atoms with van der Waals surface area (Å²) in [6.07, 6.45) is 1.53. The maximum atomic E-state index is 12.4. The Balaban J connectivity index is 1.88. The summed E-state index contributed by atoms with van der Waals surface area (Å²) in [6, 6.07) is 19.2. The van der Waals surface area contributed by atoms with Crippen LogP contribution in [0.4, 0.5) is 0 Å². The quantitative estimate of drug-likeness (QED) is 0.306. The highest BCUT2D eigenvalue weighted by molar-refractivity contribution is 6.20. The van der Waals surface area contributed by atoms with Gasteiger partial charge in [0.15, 0.2) is 6.61 Å². The maximum Gasteiger partial charge on any atom is 0.341 e. The SMILES string of the molecule is NC(=O)c1ccccc1Cn1c2cc(-c3ccco3)cc(OCC(=O)O)c2c2c(C(N)=O)cccc21. The van der Waals surface area contributed by atoms with Gasteiger partial charge in [-0.2, -0.15) is 0 Å². The maximum absolute atomic E-state index is 12.4. The monoisotopic (exact) mass is 483 g/mol. The Morgan fingerprint density at radius 1 is 0.861 bits per heavy atom. The summed E-state index contributed by atoms with van der Waals surface area (Å²) >= 11 is 0. The second kappa shape index (κ2) is 8.95. The molecule has 0 saturated carbocycles. The van der Waals surface area contributed by atoms with Gasteiger partial charge < -0.3 is 30.3 Å². The Morgan fingerprint density at radius 2 is 1.61 bits per heavy atom. The second-order valence-electron chi connectivity index (χ2n) is 8.20. The molecule has 36 heavy (non-hydrogen) atoms. The minimum absolute atomic E-state index is 0.237. The number of carbonyl (C=O) groups is 3. The number of carboxylic acid groups (broad SMARTS) is 1. The molecule has 2 aromatic heterocycles. The number of furan rings is 1. The van der Waals surface area contributed by atoms with Gasteiger partial charge in [0.1, 0.15) is 11.5 Å². The van der Waals surface area contributed by atoms with Crippen molar-refractivity contribution in [2.45, 2.75) is 6.54 Å². The lowest BCUT2D eigenvalue weighted by atomic mass is 10.0. The van der Waals surface area contributed by atoms with E-state index in [0.29, 0.717) is 44.3 Å². The zero-order chi connectivity index (χ0) is 25.4. The van der Waals surface area contributed by atoms with Crippen molar-refractivity contribution in [1.82, 2.24) is 4.57 Å². The van der Waals surface area contributed by atoms with Gasteiger partial charge in [-0.15, -0.1) is 0 Å². The van der Waals surface area contributed by atoms with Gasteiger partial charge >= 0.3 is 5.97 Å². The van der Waals surface area contributed by atoms with Crippen LogP contribution in [-0.2, 0) is 11.3 Å². The first-order valence-corrected chi connectivity index (χ1v) is 11.0. The summed E-state index contributed by atoms with van der Waals surface area (Å²) in [5.74, 6) is -1.56. The third kappa shape index (κ3) is 3.92. The summed E-state index contributed by atoms with van der Waals surface area (Å²) < 4.78 is 13.2. The molecule has 2 heterocycles. The van der Waals surface area contributed by atoms with Gasteiger partial charge in [0, 0.05) is 28.6 Å². The normalized spacial score (nSPS) is 11.1. The first kappa shape index (κ1) is 22.7. The molecule has 0 aliphatic rings. The fraction of sp³-hybridized carbons (Fsp3) is 0.0741.